The summed E-state index contributed by atoms with van der Waals surface area (Å²) in [6.07, 6.45) is 0. The largest absolute Gasteiger partial charge is 0.500 e. The van der Waals surface area contributed by atoms with Gasteiger partial charge in [0.15, 0.2) is 0 Å². The molecule has 0 bridgehead atoms. The normalized spacial score (nSPS) is 10.9. The van der Waals surface area contributed by atoms with Crippen LogP contribution in [0.5, 0.6) is 0 Å². The van der Waals surface area contributed by atoms with Gasteiger partial charge in [0.05, 0.1) is 0 Å². The summed E-state index contributed by atoms with van der Waals surface area (Å²) in [5, 5.41) is 2.79. The van der Waals surface area contributed by atoms with Crippen LogP contribution in [0.15, 0.2) is 60.7 Å². The van der Waals surface area contributed by atoms with Crippen LogP contribution < -0.4 is 10.6 Å². The molecule has 0 saturated carbocycles. The van der Waals surface area contributed by atoms with Crippen molar-refractivity contribution in [3.05, 3.63) is 60.7 Å². The summed E-state index contributed by atoms with van der Waals surface area (Å²) in [4.78, 5) is 0. The molecule has 0 saturated heterocycles. The average Bonchev–Trinajstić information content (AvgIpc) is 2.64. The molecule has 2 rings (SSSR count). The molecule has 0 aliphatic carbocycles. The lowest BCUT2D eigenvalue weighted by molar-refractivity contribution is 0.0725. The Kier molecular flexibility index (Phi) is 11.6. The molecule has 0 aliphatic heterocycles. The Morgan fingerprint density at radius 1 is 0.640 bits per heavy atom. The van der Waals surface area contributed by atoms with Crippen molar-refractivity contribution in [1.82, 2.24) is 0 Å². The van der Waals surface area contributed by atoms with Crippen LogP contribution in [-0.2, 0) is 13.3 Å². The maximum absolute atomic E-state index is 5.55. The van der Waals surface area contributed by atoms with Gasteiger partial charge >= 0.3 is 8.80 Å². The summed E-state index contributed by atoms with van der Waals surface area (Å²) >= 11 is 0. The predicted molar refractivity (Wildman–Crippen MR) is 112 cm³/mol. The van der Waals surface area contributed by atoms with Gasteiger partial charge in [-0.25, -0.2) is 0 Å². The van der Waals surface area contributed by atoms with E-state index in [4.69, 9.17) is 13.3 Å². The van der Waals surface area contributed by atoms with Gasteiger partial charge in [-0.1, -0.05) is 76.2 Å². The molecule has 0 amide bonds. The van der Waals surface area contributed by atoms with Crippen LogP contribution in [0, 0.1) is 0 Å². The minimum Gasteiger partial charge on any atom is -0.374 e. The molecule has 0 unspecified atom stereocenters. The van der Waals surface area contributed by atoms with Crippen LogP contribution in [0.25, 0.3) is 0 Å². The molecule has 25 heavy (non-hydrogen) atoms. The average molecular weight is 379 g/mol. The minimum atomic E-state index is -2.27. The van der Waals surface area contributed by atoms with E-state index in [0.717, 1.165) is 14.6 Å². The van der Waals surface area contributed by atoms with E-state index < -0.39 is 8.80 Å². The van der Waals surface area contributed by atoms with Crippen LogP contribution >= 0.6 is 8.58 Å². The summed E-state index contributed by atoms with van der Waals surface area (Å²) in [5.74, 6) is 0. The lowest BCUT2D eigenvalue weighted by atomic mass is 10.4. The Morgan fingerprint density at radius 3 is 1.28 bits per heavy atom. The molecule has 0 aliphatic rings. The van der Waals surface area contributed by atoms with Crippen molar-refractivity contribution < 1.29 is 13.3 Å². The highest BCUT2D eigenvalue weighted by Crippen LogP contribution is 2.14. The summed E-state index contributed by atoms with van der Waals surface area (Å²) in [6.45, 7) is 9.95. The molecular formula is C20H31O3PSi. The van der Waals surface area contributed by atoms with Crippen LogP contribution in [-0.4, -0.2) is 28.6 Å². The molecule has 0 spiro atoms. The van der Waals surface area contributed by atoms with Crippen LogP contribution in [0.4, 0.5) is 0 Å². The second-order valence-electron chi connectivity index (χ2n) is 5.19. The van der Waals surface area contributed by atoms with Crippen molar-refractivity contribution >= 4 is 28.0 Å². The van der Waals surface area contributed by atoms with Crippen molar-refractivity contribution in [2.45, 2.75) is 33.7 Å². The first kappa shape index (κ1) is 22.0. The topological polar surface area (TPSA) is 27.7 Å². The Hall–Kier alpha value is -1.03. The summed E-state index contributed by atoms with van der Waals surface area (Å²) in [7, 11) is -1.49. The zero-order valence-electron chi connectivity index (χ0n) is 15.8. The molecule has 138 valence electrons. The number of rotatable bonds is 9. The summed E-state index contributed by atoms with van der Waals surface area (Å²) in [5.41, 5.74) is 0. The van der Waals surface area contributed by atoms with Gasteiger partial charge in [-0.2, -0.15) is 0 Å². The van der Waals surface area contributed by atoms with Crippen molar-refractivity contribution in [1.29, 1.82) is 0 Å². The van der Waals surface area contributed by atoms with Gasteiger partial charge < -0.3 is 13.3 Å². The lowest BCUT2D eigenvalue weighted by Crippen LogP contribution is -2.45. The summed E-state index contributed by atoms with van der Waals surface area (Å²) in [6, 6.07) is 22.0. The molecule has 5 heteroatoms. The fourth-order valence-corrected chi connectivity index (χ4v) is 5.53. The first-order valence-electron chi connectivity index (χ1n) is 8.98. The molecule has 0 N–H and O–H groups in total. The fourth-order valence-electron chi connectivity index (χ4n) is 2.30. The van der Waals surface area contributed by atoms with Gasteiger partial charge in [0.1, 0.15) is 0 Å². The first-order valence-corrected chi connectivity index (χ1v) is 11.9. The van der Waals surface area contributed by atoms with Crippen molar-refractivity contribution in [2.75, 3.05) is 19.8 Å². The van der Waals surface area contributed by atoms with E-state index in [0.29, 0.717) is 19.8 Å². The number of hydrogen-bond acceptors (Lipinski definition) is 3. The summed E-state index contributed by atoms with van der Waals surface area (Å²) < 4.78 is 16.7. The fraction of sp³-hybridized carbons (Fsp3) is 0.400. The minimum absolute atomic E-state index is 0.667. The smallest absolute Gasteiger partial charge is 0.374 e. The molecule has 0 aromatic heterocycles. The maximum atomic E-state index is 5.55. The van der Waals surface area contributed by atoms with Gasteiger partial charge in [0.25, 0.3) is 0 Å². The Labute approximate surface area is 155 Å². The standard InChI is InChI=1S/C12H11P.C8H20O3Si/c1-3-7-11(8-4-1)13-12-9-5-2-6-10-12;1-5-9-12(8-4,10-6-2)11-7-3/h1-10,13H;5-8H2,1-4H3. The second kappa shape index (κ2) is 13.2. The third kappa shape index (κ3) is 8.75. The SMILES string of the molecule is CCO[Si](CC)(OCC)OCC.c1ccc(Pc2ccccc2)cc1. The molecule has 2 aromatic rings. The van der Waals surface area contributed by atoms with Gasteiger partial charge in [-0.3, -0.25) is 0 Å². The van der Waals surface area contributed by atoms with E-state index in [2.05, 4.69) is 60.7 Å². The van der Waals surface area contributed by atoms with E-state index in [9.17, 15) is 0 Å². The Bertz CT molecular complexity index is 497. The van der Waals surface area contributed by atoms with Crippen molar-refractivity contribution in [3.63, 3.8) is 0 Å². The van der Waals surface area contributed by atoms with Crippen LogP contribution in [0.2, 0.25) is 6.04 Å². The molecule has 0 atom stereocenters. The lowest BCUT2D eigenvalue weighted by Gasteiger charge is -2.26. The van der Waals surface area contributed by atoms with E-state index in [1.54, 1.807) is 0 Å². The van der Waals surface area contributed by atoms with E-state index in [1.807, 2.05) is 27.7 Å². The third-order valence-corrected chi connectivity index (χ3v) is 7.66. The van der Waals surface area contributed by atoms with E-state index >= 15 is 0 Å². The molecule has 0 heterocycles. The first-order chi connectivity index (χ1) is 12.2. The zero-order chi connectivity index (χ0) is 18.4. The third-order valence-electron chi connectivity index (χ3n) is 3.36. The Balaban J connectivity index is 0.000000252. The molecule has 0 fully saturated rings. The van der Waals surface area contributed by atoms with Crippen LogP contribution in [0.1, 0.15) is 27.7 Å². The number of benzene rings is 2. The maximum Gasteiger partial charge on any atom is 0.500 e. The monoisotopic (exact) mass is 378 g/mol. The highest BCUT2D eigenvalue weighted by molar-refractivity contribution is 7.55. The number of hydrogen-bond donors (Lipinski definition) is 0. The van der Waals surface area contributed by atoms with Crippen molar-refractivity contribution in [2.24, 2.45) is 0 Å². The highest BCUT2D eigenvalue weighted by Gasteiger charge is 2.37. The molecular weight excluding hydrogens is 347 g/mol. The zero-order valence-corrected chi connectivity index (χ0v) is 17.8. The van der Waals surface area contributed by atoms with E-state index in [1.165, 1.54) is 10.6 Å². The molecule has 3 nitrogen and oxygen atoms in total. The highest BCUT2D eigenvalue weighted by atomic mass is 31.1. The van der Waals surface area contributed by atoms with Gasteiger partial charge in [-0.15, -0.1) is 0 Å². The molecule has 2 aromatic carbocycles. The van der Waals surface area contributed by atoms with Gasteiger partial charge in [0, 0.05) is 25.9 Å². The van der Waals surface area contributed by atoms with Gasteiger partial charge in [-0.05, 0) is 31.4 Å². The molecule has 0 radical (unpaired) electrons. The second-order valence-corrected chi connectivity index (χ2v) is 9.54. The Morgan fingerprint density at radius 2 is 1.00 bits per heavy atom. The van der Waals surface area contributed by atoms with E-state index in [-0.39, 0.29) is 0 Å². The van der Waals surface area contributed by atoms with Gasteiger partial charge in [0.2, 0.25) is 0 Å². The van der Waals surface area contributed by atoms with Crippen LogP contribution in [0.3, 0.4) is 0 Å². The predicted octanol–water partition coefficient (Wildman–Crippen LogP) is 4.37. The quantitative estimate of drug-likeness (QED) is 0.479. The van der Waals surface area contributed by atoms with Crippen molar-refractivity contribution in [3.8, 4) is 0 Å².